The van der Waals surface area contributed by atoms with Gasteiger partial charge in [-0.25, -0.2) is 0 Å². The standard InChI is InChI=1S/C16H20BrNO3/c1-3-6-18-9-12-7-14(20-10-12)11-21-16-5-4-13(19-2)8-15(16)17/h4-5,7-8,10,18H,3,6,9,11H2,1-2H3. The van der Waals surface area contributed by atoms with E-state index in [2.05, 4.69) is 28.2 Å². The van der Waals surface area contributed by atoms with Crippen molar-refractivity contribution in [1.29, 1.82) is 0 Å². The maximum atomic E-state index is 5.74. The quantitative estimate of drug-likeness (QED) is 0.724. The summed E-state index contributed by atoms with van der Waals surface area (Å²) >= 11 is 3.46. The van der Waals surface area contributed by atoms with Crippen molar-refractivity contribution in [3.05, 3.63) is 46.3 Å². The number of rotatable bonds is 8. The van der Waals surface area contributed by atoms with Crippen LogP contribution in [0.2, 0.25) is 0 Å². The second-order valence-corrected chi connectivity index (χ2v) is 5.54. The smallest absolute Gasteiger partial charge is 0.146 e. The van der Waals surface area contributed by atoms with Gasteiger partial charge in [-0.3, -0.25) is 0 Å². The van der Waals surface area contributed by atoms with Crippen molar-refractivity contribution < 1.29 is 13.9 Å². The van der Waals surface area contributed by atoms with Crippen LogP contribution in [0.5, 0.6) is 11.5 Å². The van der Waals surface area contributed by atoms with E-state index < -0.39 is 0 Å². The van der Waals surface area contributed by atoms with Gasteiger partial charge in [0.25, 0.3) is 0 Å². The van der Waals surface area contributed by atoms with Crippen molar-refractivity contribution in [2.45, 2.75) is 26.5 Å². The molecule has 0 radical (unpaired) electrons. The van der Waals surface area contributed by atoms with Crippen LogP contribution in [0.3, 0.4) is 0 Å². The van der Waals surface area contributed by atoms with Gasteiger partial charge in [0.05, 0.1) is 17.8 Å². The van der Waals surface area contributed by atoms with Gasteiger partial charge in [-0.1, -0.05) is 6.92 Å². The fraction of sp³-hybridized carbons (Fsp3) is 0.375. The molecule has 0 aliphatic heterocycles. The Morgan fingerprint density at radius 3 is 2.86 bits per heavy atom. The first kappa shape index (κ1) is 15.9. The van der Waals surface area contributed by atoms with Gasteiger partial charge in [-0.15, -0.1) is 0 Å². The number of methoxy groups -OCH3 is 1. The maximum absolute atomic E-state index is 5.74. The lowest BCUT2D eigenvalue weighted by atomic mass is 10.3. The van der Waals surface area contributed by atoms with Gasteiger partial charge >= 0.3 is 0 Å². The molecule has 1 aromatic heterocycles. The monoisotopic (exact) mass is 353 g/mol. The first-order chi connectivity index (χ1) is 10.2. The number of hydrogen-bond donors (Lipinski definition) is 1. The Balaban J connectivity index is 1.88. The average molecular weight is 354 g/mol. The van der Waals surface area contributed by atoms with E-state index in [1.807, 2.05) is 24.3 Å². The number of nitrogens with one attached hydrogen (secondary N) is 1. The molecule has 5 heteroatoms. The Hall–Kier alpha value is -1.46. The molecule has 0 spiro atoms. The van der Waals surface area contributed by atoms with Gasteiger partial charge in [0.1, 0.15) is 23.9 Å². The van der Waals surface area contributed by atoms with Gasteiger partial charge < -0.3 is 19.2 Å². The summed E-state index contributed by atoms with van der Waals surface area (Å²) in [6.07, 6.45) is 2.89. The molecule has 1 heterocycles. The second-order valence-electron chi connectivity index (χ2n) is 4.68. The van der Waals surface area contributed by atoms with Crippen molar-refractivity contribution in [1.82, 2.24) is 5.32 Å². The van der Waals surface area contributed by atoms with Gasteiger partial charge in [-0.2, -0.15) is 0 Å². The number of furan rings is 1. The molecule has 0 amide bonds. The molecule has 0 atom stereocenters. The minimum Gasteiger partial charge on any atom is -0.497 e. The summed E-state index contributed by atoms with van der Waals surface area (Å²) in [5, 5.41) is 3.34. The van der Waals surface area contributed by atoms with Crippen molar-refractivity contribution in [3.8, 4) is 11.5 Å². The van der Waals surface area contributed by atoms with E-state index in [4.69, 9.17) is 13.9 Å². The van der Waals surface area contributed by atoms with Gasteiger partial charge in [0.15, 0.2) is 0 Å². The normalized spacial score (nSPS) is 10.6. The van der Waals surface area contributed by atoms with E-state index in [0.717, 1.165) is 46.8 Å². The number of hydrogen-bond acceptors (Lipinski definition) is 4. The van der Waals surface area contributed by atoms with Crippen LogP contribution in [0.1, 0.15) is 24.7 Å². The van der Waals surface area contributed by atoms with Crippen LogP contribution in [0.4, 0.5) is 0 Å². The van der Waals surface area contributed by atoms with E-state index >= 15 is 0 Å². The maximum Gasteiger partial charge on any atom is 0.146 e. The Morgan fingerprint density at radius 1 is 1.29 bits per heavy atom. The molecule has 0 aliphatic carbocycles. The van der Waals surface area contributed by atoms with Crippen LogP contribution >= 0.6 is 15.9 Å². The Morgan fingerprint density at radius 2 is 2.14 bits per heavy atom. The molecule has 0 saturated heterocycles. The van der Waals surface area contributed by atoms with Crippen molar-refractivity contribution >= 4 is 15.9 Å². The predicted octanol–water partition coefficient (Wildman–Crippen LogP) is 4.13. The number of halogens is 1. The Kier molecular flexibility index (Phi) is 6.14. The minimum absolute atomic E-state index is 0.401. The third kappa shape index (κ3) is 4.79. The number of benzene rings is 1. The molecular formula is C16H20BrNO3. The van der Waals surface area contributed by atoms with Crippen LogP contribution in [0.15, 0.2) is 39.4 Å². The summed E-state index contributed by atoms with van der Waals surface area (Å²) < 4.78 is 17.3. The Labute approximate surface area is 133 Å². The topological polar surface area (TPSA) is 43.6 Å². The molecule has 1 N–H and O–H groups in total. The van der Waals surface area contributed by atoms with Crippen LogP contribution < -0.4 is 14.8 Å². The van der Waals surface area contributed by atoms with Crippen molar-refractivity contribution in [3.63, 3.8) is 0 Å². The largest absolute Gasteiger partial charge is 0.497 e. The molecule has 0 unspecified atom stereocenters. The highest BCUT2D eigenvalue weighted by Crippen LogP contribution is 2.29. The van der Waals surface area contributed by atoms with Gasteiger partial charge in [0.2, 0.25) is 0 Å². The Bertz CT molecular complexity index is 568. The van der Waals surface area contributed by atoms with Crippen LogP contribution in [-0.2, 0) is 13.2 Å². The summed E-state index contributed by atoms with van der Waals surface area (Å²) in [5.74, 6) is 2.36. The lowest BCUT2D eigenvalue weighted by molar-refractivity contribution is 0.268. The van der Waals surface area contributed by atoms with Gasteiger partial charge in [-0.05, 0) is 53.2 Å². The summed E-state index contributed by atoms with van der Waals surface area (Å²) in [7, 11) is 1.64. The molecule has 21 heavy (non-hydrogen) atoms. The van der Waals surface area contributed by atoms with E-state index in [9.17, 15) is 0 Å². The van der Waals surface area contributed by atoms with Crippen molar-refractivity contribution in [2.24, 2.45) is 0 Å². The zero-order valence-corrected chi connectivity index (χ0v) is 13.9. The lowest BCUT2D eigenvalue weighted by Gasteiger charge is -2.08. The van der Waals surface area contributed by atoms with Crippen LogP contribution in [0.25, 0.3) is 0 Å². The fourth-order valence-electron chi connectivity index (χ4n) is 1.88. The highest BCUT2D eigenvalue weighted by atomic mass is 79.9. The molecule has 0 fully saturated rings. The summed E-state index contributed by atoms with van der Waals surface area (Å²) in [4.78, 5) is 0. The molecule has 0 bridgehead atoms. The first-order valence-electron chi connectivity index (χ1n) is 6.96. The molecule has 2 aromatic rings. The third-order valence-corrected chi connectivity index (χ3v) is 3.59. The molecule has 0 aliphatic rings. The molecular weight excluding hydrogens is 334 g/mol. The van der Waals surface area contributed by atoms with E-state index in [1.165, 1.54) is 0 Å². The fourth-order valence-corrected chi connectivity index (χ4v) is 2.35. The second kappa shape index (κ2) is 8.10. The van der Waals surface area contributed by atoms with Gasteiger partial charge in [0, 0.05) is 12.1 Å². The highest BCUT2D eigenvalue weighted by Gasteiger charge is 2.06. The minimum atomic E-state index is 0.401. The SMILES string of the molecule is CCCNCc1coc(COc2ccc(OC)cc2Br)c1. The molecule has 4 nitrogen and oxygen atoms in total. The van der Waals surface area contributed by atoms with Crippen LogP contribution in [0, 0.1) is 0 Å². The first-order valence-corrected chi connectivity index (χ1v) is 7.75. The number of ether oxygens (including phenoxy) is 2. The highest BCUT2D eigenvalue weighted by molar-refractivity contribution is 9.10. The van der Waals surface area contributed by atoms with E-state index in [-0.39, 0.29) is 0 Å². The molecule has 114 valence electrons. The zero-order chi connectivity index (χ0) is 15.1. The summed E-state index contributed by atoms with van der Waals surface area (Å²) in [6.45, 7) is 4.38. The summed E-state index contributed by atoms with van der Waals surface area (Å²) in [6, 6.07) is 7.62. The predicted molar refractivity (Wildman–Crippen MR) is 85.7 cm³/mol. The van der Waals surface area contributed by atoms with E-state index in [0.29, 0.717) is 6.61 Å². The summed E-state index contributed by atoms with van der Waals surface area (Å²) in [5.41, 5.74) is 1.14. The van der Waals surface area contributed by atoms with E-state index in [1.54, 1.807) is 13.4 Å². The zero-order valence-electron chi connectivity index (χ0n) is 12.3. The molecule has 1 aromatic carbocycles. The van der Waals surface area contributed by atoms with Crippen LogP contribution in [-0.4, -0.2) is 13.7 Å². The molecule has 2 rings (SSSR count). The third-order valence-electron chi connectivity index (χ3n) is 2.97. The molecule has 0 saturated carbocycles. The lowest BCUT2D eigenvalue weighted by Crippen LogP contribution is -2.13. The van der Waals surface area contributed by atoms with Crippen molar-refractivity contribution in [2.75, 3.05) is 13.7 Å². The average Bonchev–Trinajstić information content (AvgIpc) is 2.94.